The van der Waals surface area contributed by atoms with Crippen molar-refractivity contribution in [1.29, 1.82) is 0 Å². The molecule has 11 heteroatoms. The number of rotatable bonds is 12. The fourth-order valence-corrected chi connectivity index (χ4v) is 6.73. The van der Waals surface area contributed by atoms with E-state index in [2.05, 4.69) is 21.2 Å². The first-order valence-corrected chi connectivity index (χ1v) is 16.5. The van der Waals surface area contributed by atoms with Gasteiger partial charge in [-0.15, -0.1) is 0 Å². The fourth-order valence-electron chi connectivity index (χ4n) is 4.57. The maximum absolute atomic E-state index is 14.4. The minimum atomic E-state index is -4.23. The van der Waals surface area contributed by atoms with Gasteiger partial charge in [-0.1, -0.05) is 99.8 Å². The van der Waals surface area contributed by atoms with Gasteiger partial charge in [-0.3, -0.25) is 13.9 Å². The first-order valence-electron chi connectivity index (χ1n) is 13.5. The van der Waals surface area contributed by atoms with Crippen molar-refractivity contribution in [1.82, 2.24) is 10.2 Å². The molecule has 43 heavy (non-hydrogen) atoms. The van der Waals surface area contributed by atoms with Crippen molar-refractivity contribution in [3.05, 3.63) is 129 Å². The zero-order chi connectivity index (χ0) is 31.0. The molecule has 4 aromatic rings. The third kappa shape index (κ3) is 8.38. The fraction of sp³-hybridized carbons (Fsp3) is 0.188. The van der Waals surface area contributed by atoms with Crippen molar-refractivity contribution < 1.29 is 18.0 Å². The van der Waals surface area contributed by atoms with E-state index in [0.717, 1.165) is 19.9 Å². The van der Waals surface area contributed by atoms with Crippen LogP contribution in [0.25, 0.3) is 0 Å². The van der Waals surface area contributed by atoms with E-state index < -0.39 is 28.5 Å². The van der Waals surface area contributed by atoms with Gasteiger partial charge in [-0.05, 0) is 60.5 Å². The number of nitrogens with one attached hydrogen (secondary N) is 1. The topological polar surface area (TPSA) is 86.8 Å². The first kappa shape index (κ1) is 32.5. The summed E-state index contributed by atoms with van der Waals surface area (Å²) in [5.74, 6) is -0.917. The second-order valence-electron chi connectivity index (χ2n) is 9.67. The summed E-state index contributed by atoms with van der Waals surface area (Å²) < 4.78 is 29.8. The molecule has 0 aliphatic rings. The van der Waals surface area contributed by atoms with Crippen LogP contribution >= 0.6 is 39.1 Å². The molecule has 0 saturated heterocycles. The highest BCUT2D eigenvalue weighted by Gasteiger charge is 2.34. The average molecular weight is 703 g/mol. The summed E-state index contributed by atoms with van der Waals surface area (Å²) in [6, 6.07) is 28.0. The summed E-state index contributed by atoms with van der Waals surface area (Å²) in [6.07, 6.45) is 0.227. The molecular formula is C32H30BrCl2N3O4S. The Balaban J connectivity index is 1.81. The van der Waals surface area contributed by atoms with Gasteiger partial charge in [0.25, 0.3) is 10.0 Å². The Kier molecular flexibility index (Phi) is 11.3. The highest BCUT2D eigenvalue weighted by atomic mass is 79.9. The lowest BCUT2D eigenvalue weighted by Crippen LogP contribution is -2.53. The smallest absolute Gasteiger partial charge is 0.264 e. The van der Waals surface area contributed by atoms with Crippen molar-refractivity contribution in [3.8, 4) is 0 Å². The predicted molar refractivity (Wildman–Crippen MR) is 175 cm³/mol. The molecule has 7 nitrogen and oxygen atoms in total. The number of carbonyl (C=O) groups is 2. The van der Waals surface area contributed by atoms with Crippen LogP contribution in [0.5, 0.6) is 0 Å². The number of halogens is 3. The second-order valence-corrected chi connectivity index (χ2v) is 13.3. The van der Waals surface area contributed by atoms with Gasteiger partial charge in [0, 0.05) is 24.0 Å². The zero-order valence-corrected chi connectivity index (χ0v) is 27.2. The standard InChI is InChI=1S/C32H30BrCl2N3O4S/c1-2-36-32(40)30(19-23-10-5-3-6-11-23)37(21-24-12-9-13-25(33)18-24)31(39)22-38(26-16-17-28(34)29(35)20-26)43(41,42)27-14-7-4-8-15-27/h3-18,20,30H,2,19,21-22H2,1H3,(H,36,40)/t30-/m1/s1. The number of carbonyl (C=O) groups excluding carboxylic acids is 2. The Morgan fingerprint density at radius 2 is 1.49 bits per heavy atom. The van der Waals surface area contributed by atoms with Crippen LogP contribution in [-0.2, 0) is 32.6 Å². The lowest BCUT2D eigenvalue weighted by molar-refractivity contribution is -0.140. The molecule has 4 aromatic carbocycles. The van der Waals surface area contributed by atoms with Gasteiger partial charge in [-0.25, -0.2) is 8.42 Å². The maximum atomic E-state index is 14.4. The minimum Gasteiger partial charge on any atom is -0.355 e. The van der Waals surface area contributed by atoms with Crippen molar-refractivity contribution in [2.45, 2.75) is 30.8 Å². The number of benzene rings is 4. The molecule has 0 heterocycles. The van der Waals surface area contributed by atoms with Gasteiger partial charge >= 0.3 is 0 Å². The molecule has 1 atom stereocenters. The van der Waals surface area contributed by atoms with Gasteiger partial charge in [0.05, 0.1) is 20.6 Å². The highest BCUT2D eigenvalue weighted by molar-refractivity contribution is 9.10. The molecule has 224 valence electrons. The minimum absolute atomic E-state index is 0.00280. The Hall–Kier alpha value is -3.37. The maximum Gasteiger partial charge on any atom is 0.264 e. The third-order valence-electron chi connectivity index (χ3n) is 6.67. The number of amides is 2. The molecule has 1 N–H and O–H groups in total. The molecule has 0 unspecified atom stereocenters. The lowest BCUT2D eigenvalue weighted by atomic mass is 10.0. The van der Waals surface area contributed by atoms with Gasteiger partial charge in [0.1, 0.15) is 12.6 Å². The van der Waals surface area contributed by atoms with E-state index in [-0.39, 0.29) is 39.5 Å². The van der Waals surface area contributed by atoms with E-state index in [1.165, 1.54) is 35.2 Å². The average Bonchev–Trinajstić information content (AvgIpc) is 3.00. The molecule has 0 aliphatic heterocycles. The van der Waals surface area contributed by atoms with E-state index >= 15 is 0 Å². The molecule has 0 aliphatic carbocycles. The van der Waals surface area contributed by atoms with Crippen LogP contribution in [0.1, 0.15) is 18.1 Å². The van der Waals surface area contributed by atoms with E-state index in [0.29, 0.717) is 6.54 Å². The van der Waals surface area contributed by atoms with E-state index in [4.69, 9.17) is 23.2 Å². The summed E-state index contributed by atoms with van der Waals surface area (Å²) in [4.78, 5) is 29.3. The van der Waals surface area contributed by atoms with Crippen LogP contribution in [0, 0.1) is 0 Å². The number of sulfonamides is 1. The molecule has 0 bridgehead atoms. The van der Waals surface area contributed by atoms with Crippen LogP contribution in [-0.4, -0.2) is 44.3 Å². The molecule has 0 saturated carbocycles. The molecule has 0 fully saturated rings. The van der Waals surface area contributed by atoms with E-state index in [9.17, 15) is 18.0 Å². The van der Waals surface area contributed by atoms with E-state index in [1.807, 2.05) is 54.6 Å². The normalized spacial score (nSPS) is 11.9. The van der Waals surface area contributed by atoms with Gasteiger partial charge < -0.3 is 10.2 Å². The Morgan fingerprint density at radius 3 is 2.12 bits per heavy atom. The van der Waals surface area contributed by atoms with Gasteiger partial charge in [0.2, 0.25) is 11.8 Å². The number of hydrogen-bond donors (Lipinski definition) is 1. The Bertz CT molecular complexity index is 1670. The van der Waals surface area contributed by atoms with Crippen molar-refractivity contribution in [2.75, 3.05) is 17.4 Å². The Labute approximate surface area is 270 Å². The second kappa shape index (κ2) is 14.9. The third-order valence-corrected chi connectivity index (χ3v) is 9.69. The van der Waals surface area contributed by atoms with Crippen molar-refractivity contribution >= 4 is 66.7 Å². The molecule has 4 rings (SSSR count). The van der Waals surface area contributed by atoms with Crippen molar-refractivity contribution in [2.24, 2.45) is 0 Å². The molecule has 2 amide bonds. The van der Waals surface area contributed by atoms with Crippen LogP contribution < -0.4 is 9.62 Å². The quantitative estimate of drug-likeness (QED) is 0.178. The lowest BCUT2D eigenvalue weighted by Gasteiger charge is -2.34. The summed E-state index contributed by atoms with van der Waals surface area (Å²) >= 11 is 15.9. The van der Waals surface area contributed by atoms with Crippen LogP contribution in [0.3, 0.4) is 0 Å². The predicted octanol–water partition coefficient (Wildman–Crippen LogP) is 6.73. The summed E-state index contributed by atoms with van der Waals surface area (Å²) in [6.45, 7) is 1.64. The molecule has 0 spiro atoms. The first-order chi connectivity index (χ1) is 20.6. The van der Waals surface area contributed by atoms with E-state index in [1.54, 1.807) is 25.1 Å². The monoisotopic (exact) mass is 701 g/mol. The number of anilines is 1. The zero-order valence-electron chi connectivity index (χ0n) is 23.3. The van der Waals surface area contributed by atoms with Crippen LogP contribution in [0.15, 0.2) is 112 Å². The molecule has 0 aromatic heterocycles. The summed E-state index contributed by atoms with van der Waals surface area (Å²) in [5.41, 5.74) is 1.77. The summed E-state index contributed by atoms with van der Waals surface area (Å²) in [5, 5.41) is 3.22. The SMILES string of the molecule is CCNC(=O)[C@@H](Cc1ccccc1)N(Cc1cccc(Br)c1)C(=O)CN(c1ccc(Cl)c(Cl)c1)S(=O)(=O)c1ccccc1. The van der Waals surface area contributed by atoms with Gasteiger partial charge in [-0.2, -0.15) is 0 Å². The van der Waals surface area contributed by atoms with Gasteiger partial charge in [0.15, 0.2) is 0 Å². The number of hydrogen-bond acceptors (Lipinski definition) is 4. The van der Waals surface area contributed by atoms with Crippen LogP contribution in [0.2, 0.25) is 10.0 Å². The molecule has 0 radical (unpaired) electrons. The Morgan fingerprint density at radius 1 is 0.837 bits per heavy atom. The number of likely N-dealkylation sites (N-methyl/N-ethyl adjacent to an activating group) is 1. The summed E-state index contributed by atoms with van der Waals surface area (Å²) in [7, 11) is -4.23. The highest BCUT2D eigenvalue weighted by Crippen LogP contribution is 2.31. The van der Waals surface area contributed by atoms with Crippen molar-refractivity contribution in [3.63, 3.8) is 0 Å². The molecular weight excluding hydrogens is 673 g/mol. The largest absolute Gasteiger partial charge is 0.355 e. The number of nitrogens with zero attached hydrogens (tertiary/aromatic N) is 2. The van der Waals surface area contributed by atoms with Crippen LogP contribution in [0.4, 0.5) is 5.69 Å².